The van der Waals surface area contributed by atoms with E-state index in [9.17, 15) is 4.79 Å². The number of hydrogen-bond acceptors (Lipinski definition) is 4. The fourth-order valence-corrected chi connectivity index (χ4v) is 0.994. The first-order valence-corrected chi connectivity index (χ1v) is 4.26. The molecule has 1 aromatic rings. The number of aromatic nitrogens is 1. The average molecular weight is 194 g/mol. The normalized spacial score (nSPS) is 10.8. The molecule has 0 spiro atoms. The molecule has 5 nitrogen and oxygen atoms in total. The van der Waals surface area contributed by atoms with Gasteiger partial charge in [-0.3, -0.25) is 10.2 Å². The molecule has 14 heavy (non-hydrogen) atoms. The van der Waals surface area contributed by atoms with Crippen molar-refractivity contribution in [2.24, 2.45) is 5.84 Å². The standard InChI is InChI=1S/C9H14N4O/c1-9(2,8(14)13-10)12-7-5-3-4-6-11-7/h3-6H,10H2,1-2H3,(H,11,12)(H,13,14). The van der Waals surface area contributed by atoms with Crippen molar-refractivity contribution in [3.8, 4) is 0 Å². The highest BCUT2D eigenvalue weighted by Crippen LogP contribution is 2.11. The summed E-state index contributed by atoms with van der Waals surface area (Å²) in [6, 6.07) is 5.43. The lowest BCUT2D eigenvalue weighted by molar-refractivity contribution is -0.124. The molecule has 1 aromatic heterocycles. The molecule has 0 unspecified atom stereocenters. The molecule has 5 heteroatoms. The Kier molecular flexibility index (Phi) is 3.03. The van der Waals surface area contributed by atoms with Crippen molar-refractivity contribution < 1.29 is 4.79 Å². The van der Waals surface area contributed by atoms with Gasteiger partial charge in [0.25, 0.3) is 5.91 Å². The van der Waals surface area contributed by atoms with Crippen molar-refractivity contribution in [2.75, 3.05) is 5.32 Å². The van der Waals surface area contributed by atoms with Gasteiger partial charge < -0.3 is 5.32 Å². The van der Waals surface area contributed by atoms with E-state index in [0.29, 0.717) is 5.82 Å². The molecular weight excluding hydrogens is 180 g/mol. The average Bonchev–Trinajstić information content (AvgIpc) is 2.17. The second kappa shape index (κ2) is 4.06. The van der Waals surface area contributed by atoms with Gasteiger partial charge in [-0.15, -0.1) is 0 Å². The van der Waals surface area contributed by atoms with E-state index in [-0.39, 0.29) is 5.91 Å². The molecule has 4 N–H and O–H groups in total. The second-order valence-corrected chi connectivity index (χ2v) is 3.44. The first-order chi connectivity index (χ1) is 6.56. The number of nitrogens with two attached hydrogens (primary N) is 1. The Labute approximate surface area is 82.7 Å². The molecule has 1 heterocycles. The molecule has 0 bridgehead atoms. The fourth-order valence-electron chi connectivity index (χ4n) is 0.994. The highest BCUT2D eigenvalue weighted by Gasteiger charge is 2.26. The Bertz CT molecular complexity index is 310. The minimum Gasteiger partial charge on any atom is -0.356 e. The first kappa shape index (κ1) is 10.5. The Balaban J connectivity index is 2.73. The summed E-state index contributed by atoms with van der Waals surface area (Å²) in [5, 5.41) is 2.97. The molecule has 0 fully saturated rings. The topological polar surface area (TPSA) is 80.0 Å². The number of pyridine rings is 1. The first-order valence-electron chi connectivity index (χ1n) is 4.26. The minimum absolute atomic E-state index is 0.289. The second-order valence-electron chi connectivity index (χ2n) is 3.44. The summed E-state index contributed by atoms with van der Waals surface area (Å²) in [5.74, 6) is 5.40. The van der Waals surface area contributed by atoms with Crippen LogP contribution in [-0.4, -0.2) is 16.4 Å². The number of rotatable bonds is 3. The highest BCUT2D eigenvalue weighted by atomic mass is 16.2. The van der Waals surface area contributed by atoms with Crippen LogP contribution in [0.4, 0.5) is 5.82 Å². The molecule has 0 aromatic carbocycles. The third kappa shape index (κ3) is 2.43. The number of nitrogens with zero attached hydrogens (tertiary/aromatic N) is 1. The van der Waals surface area contributed by atoms with Gasteiger partial charge in [-0.1, -0.05) is 6.07 Å². The van der Waals surface area contributed by atoms with Crippen LogP contribution in [0.3, 0.4) is 0 Å². The zero-order chi connectivity index (χ0) is 10.6. The molecule has 0 aliphatic rings. The number of anilines is 1. The Morgan fingerprint density at radius 3 is 2.71 bits per heavy atom. The number of nitrogens with one attached hydrogen (secondary N) is 2. The molecule has 0 aliphatic heterocycles. The highest BCUT2D eigenvalue weighted by molar-refractivity contribution is 5.87. The number of hydrogen-bond donors (Lipinski definition) is 3. The maximum absolute atomic E-state index is 11.3. The van der Waals surface area contributed by atoms with Gasteiger partial charge in [0.1, 0.15) is 11.4 Å². The van der Waals surface area contributed by atoms with E-state index in [4.69, 9.17) is 5.84 Å². The molecule has 0 saturated heterocycles. The molecule has 1 amide bonds. The van der Waals surface area contributed by atoms with Crippen LogP contribution in [0.5, 0.6) is 0 Å². The quantitative estimate of drug-likeness (QED) is 0.366. The molecule has 76 valence electrons. The molecule has 1 rings (SSSR count). The fraction of sp³-hybridized carbons (Fsp3) is 0.333. The van der Waals surface area contributed by atoms with Gasteiger partial charge in [0, 0.05) is 6.20 Å². The number of hydrazine groups is 1. The van der Waals surface area contributed by atoms with E-state index in [0.717, 1.165) is 0 Å². The summed E-state index contributed by atoms with van der Waals surface area (Å²) in [6.07, 6.45) is 1.65. The lowest BCUT2D eigenvalue weighted by Crippen LogP contribution is -2.50. The predicted molar refractivity (Wildman–Crippen MR) is 54.3 cm³/mol. The zero-order valence-electron chi connectivity index (χ0n) is 8.24. The Hall–Kier alpha value is -1.62. The van der Waals surface area contributed by atoms with Crippen LogP contribution in [0.25, 0.3) is 0 Å². The summed E-state index contributed by atoms with van der Waals surface area (Å²) < 4.78 is 0. The van der Waals surface area contributed by atoms with Crippen LogP contribution in [0, 0.1) is 0 Å². The number of carbonyl (C=O) groups is 1. The molecule has 0 aliphatic carbocycles. The largest absolute Gasteiger partial charge is 0.356 e. The van der Waals surface area contributed by atoms with E-state index in [1.807, 2.05) is 6.07 Å². The zero-order valence-corrected chi connectivity index (χ0v) is 8.24. The molecule has 0 radical (unpaired) electrons. The summed E-state index contributed by atoms with van der Waals surface area (Å²) >= 11 is 0. The Morgan fingerprint density at radius 2 is 2.21 bits per heavy atom. The Morgan fingerprint density at radius 1 is 1.50 bits per heavy atom. The minimum atomic E-state index is -0.775. The van der Waals surface area contributed by atoms with Gasteiger partial charge in [0.15, 0.2) is 0 Å². The lowest BCUT2D eigenvalue weighted by atomic mass is 10.1. The van der Waals surface area contributed by atoms with Gasteiger partial charge in [-0.2, -0.15) is 0 Å². The van der Waals surface area contributed by atoms with Crippen LogP contribution in [0.2, 0.25) is 0 Å². The third-order valence-electron chi connectivity index (χ3n) is 1.80. The van der Waals surface area contributed by atoms with Crippen LogP contribution in [-0.2, 0) is 4.79 Å². The van der Waals surface area contributed by atoms with Crippen molar-refractivity contribution in [1.29, 1.82) is 0 Å². The van der Waals surface area contributed by atoms with E-state index in [1.54, 1.807) is 32.2 Å². The van der Waals surface area contributed by atoms with Crippen molar-refractivity contribution in [3.05, 3.63) is 24.4 Å². The van der Waals surface area contributed by atoms with E-state index >= 15 is 0 Å². The summed E-state index contributed by atoms with van der Waals surface area (Å²) in [4.78, 5) is 15.4. The van der Waals surface area contributed by atoms with Crippen LogP contribution >= 0.6 is 0 Å². The van der Waals surface area contributed by atoms with Gasteiger partial charge in [0.05, 0.1) is 0 Å². The van der Waals surface area contributed by atoms with Crippen LogP contribution < -0.4 is 16.6 Å². The van der Waals surface area contributed by atoms with E-state index in [2.05, 4.69) is 15.7 Å². The van der Waals surface area contributed by atoms with Gasteiger partial charge in [-0.25, -0.2) is 10.8 Å². The van der Waals surface area contributed by atoms with Crippen LogP contribution in [0.1, 0.15) is 13.8 Å². The summed E-state index contributed by atoms with van der Waals surface area (Å²) in [5.41, 5.74) is 1.32. The van der Waals surface area contributed by atoms with Crippen molar-refractivity contribution >= 4 is 11.7 Å². The van der Waals surface area contributed by atoms with E-state index < -0.39 is 5.54 Å². The molecule has 0 saturated carbocycles. The SMILES string of the molecule is CC(C)(Nc1ccccn1)C(=O)NN. The van der Waals surface area contributed by atoms with Gasteiger partial charge in [-0.05, 0) is 26.0 Å². The van der Waals surface area contributed by atoms with Gasteiger partial charge in [0.2, 0.25) is 0 Å². The predicted octanol–water partition coefficient (Wildman–Crippen LogP) is 0.262. The monoisotopic (exact) mass is 194 g/mol. The molecule has 0 atom stereocenters. The van der Waals surface area contributed by atoms with Crippen molar-refractivity contribution in [3.63, 3.8) is 0 Å². The summed E-state index contributed by atoms with van der Waals surface area (Å²) in [6.45, 7) is 3.45. The van der Waals surface area contributed by atoms with E-state index in [1.165, 1.54) is 0 Å². The maximum Gasteiger partial charge on any atom is 0.258 e. The third-order valence-corrected chi connectivity index (χ3v) is 1.80. The number of amides is 1. The van der Waals surface area contributed by atoms with Gasteiger partial charge >= 0.3 is 0 Å². The molecular formula is C9H14N4O. The van der Waals surface area contributed by atoms with Crippen molar-refractivity contribution in [1.82, 2.24) is 10.4 Å². The number of carbonyl (C=O) groups excluding carboxylic acids is 1. The van der Waals surface area contributed by atoms with Crippen LogP contribution in [0.15, 0.2) is 24.4 Å². The summed E-state index contributed by atoms with van der Waals surface area (Å²) in [7, 11) is 0. The lowest BCUT2D eigenvalue weighted by Gasteiger charge is -2.24. The maximum atomic E-state index is 11.3. The van der Waals surface area contributed by atoms with Crippen molar-refractivity contribution in [2.45, 2.75) is 19.4 Å². The smallest absolute Gasteiger partial charge is 0.258 e.